The van der Waals surface area contributed by atoms with Crippen molar-refractivity contribution in [2.24, 2.45) is 0 Å². The quantitative estimate of drug-likeness (QED) is 0.678. The van der Waals surface area contributed by atoms with Crippen LogP contribution in [0, 0.1) is 0 Å². The van der Waals surface area contributed by atoms with E-state index in [1.165, 1.54) is 24.2 Å². The molecule has 1 amide bonds. The van der Waals surface area contributed by atoms with Gasteiger partial charge in [-0.2, -0.15) is 0 Å². The summed E-state index contributed by atoms with van der Waals surface area (Å²) in [4.78, 5) is 22.4. The molecule has 2 atom stereocenters. The van der Waals surface area contributed by atoms with Crippen molar-refractivity contribution in [1.29, 1.82) is 0 Å². The van der Waals surface area contributed by atoms with Gasteiger partial charge in [0.1, 0.15) is 4.83 Å². The van der Waals surface area contributed by atoms with Gasteiger partial charge in [0.05, 0.1) is 29.1 Å². The van der Waals surface area contributed by atoms with Crippen molar-refractivity contribution >= 4 is 43.9 Å². The molecule has 2 aliphatic rings. The van der Waals surface area contributed by atoms with Gasteiger partial charge in [0, 0.05) is 18.1 Å². The number of carbonyl (C=O) groups is 1. The topological polar surface area (TPSA) is 46.8 Å². The van der Waals surface area contributed by atoms with Crippen LogP contribution in [0.3, 0.4) is 0 Å². The number of nitrogens with zero attached hydrogens (tertiary/aromatic N) is 3. The first kappa shape index (κ1) is 13.9. The van der Waals surface area contributed by atoms with Crippen molar-refractivity contribution in [2.75, 3.05) is 13.2 Å². The van der Waals surface area contributed by atoms with E-state index in [1.54, 1.807) is 11.3 Å². The van der Waals surface area contributed by atoms with E-state index in [0.717, 1.165) is 33.0 Å². The number of thiazole rings is 1. The summed E-state index contributed by atoms with van der Waals surface area (Å²) in [5, 5.41) is 2.02. The molecule has 0 radical (unpaired) electrons. The summed E-state index contributed by atoms with van der Waals surface area (Å²) < 4.78 is 7.95. The van der Waals surface area contributed by atoms with Crippen LogP contribution in [0.25, 0.3) is 15.3 Å². The monoisotopic (exact) mass is 347 g/mol. The van der Waals surface area contributed by atoms with Crippen molar-refractivity contribution in [3.05, 3.63) is 22.5 Å². The van der Waals surface area contributed by atoms with Crippen LogP contribution >= 0.6 is 22.7 Å². The van der Waals surface area contributed by atoms with Crippen LogP contribution in [0.1, 0.15) is 35.4 Å². The van der Waals surface area contributed by atoms with E-state index in [0.29, 0.717) is 13.2 Å². The molecule has 0 N–H and O–H groups in total. The third kappa shape index (κ3) is 2.14. The van der Waals surface area contributed by atoms with Crippen molar-refractivity contribution in [3.8, 4) is 0 Å². The number of carbonyl (C=O) groups excluding carboxylic acids is 1. The van der Waals surface area contributed by atoms with E-state index >= 15 is 0 Å². The first-order valence-corrected chi connectivity index (χ1v) is 9.78. The number of fused-ring (bicyclic) bond motifs is 4. The molecule has 1 saturated heterocycles. The van der Waals surface area contributed by atoms with Gasteiger partial charge in [-0.1, -0.05) is 12.8 Å². The maximum atomic E-state index is 13.0. The number of amides is 1. The number of hydrogen-bond acceptors (Lipinski definition) is 5. The van der Waals surface area contributed by atoms with Crippen LogP contribution in [-0.4, -0.2) is 45.5 Å². The van der Waals surface area contributed by atoms with Crippen LogP contribution < -0.4 is 0 Å². The lowest BCUT2D eigenvalue weighted by atomic mass is 9.90. The average molecular weight is 347 g/mol. The van der Waals surface area contributed by atoms with E-state index in [-0.39, 0.29) is 18.1 Å². The average Bonchev–Trinajstić information content (AvgIpc) is 3.25. The Balaban J connectivity index is 1.50. The second-order valence-corrected chi connectivity index (χ2v) is 8.13. The second kappa shape index (κ2) is 5.29. The predicted molar refractivity (Wildman–Crippen MR) is 91.5 cm³/mol. The number of hydrogen-bond donors (Lipinski definition) is 0. The molecule has 5 rings (SSSR count). The minimum atomic E-state index is 0.150. The Bertz CT molecular complexity index is 878. The van der Waals surface area contributed by atoms with Crippen LogP contribution in [0.5, 0.6) is 0 Å². The summed E-state index contributed by atoms with van der Waals surface area (Å²) in [5.74, 6) is 0.150. The zero-order valence-electron chi connectivity index (χ0n) is 12.6. The Morgan fingerprint density at radius 3 is 3.22 bits per heavy atom. The SMILES string of the molecule is O=C(c1cc2c(nc3sccn32)s1)N1CCO[C@@H]2CCCC[C@H]21. The third-order valence-corrected chi connectivity index (χ3v) is 6.71. The molecule has 0 spiro atoms. The number of morpholine rings is 1. The van der Waals surface area contributed by atoms with Crippen LogP contribution in [0.15, 0.2) is 17.6 Å². The molecule has 0 bridgehead atoms. The first-order chi connectivity index (χ1) is 11.3. The number of thiophene rings is 1. The fourth-order valence-electron chi connectivity index (χ4n) is 3.84. The molecule has 7 heteroatoms. The second-order valence-electron chi connectivity index (χ2n) is 6.23. The van der Waals surface area contributed by atoms with Crippen molar-refractivity contribution in [3.63, 3.8) is 0 Å². The van der Waals surface area contributed by atoms with Gasteiger partial charge in [-0.15, -0.1) is 22.7 Å². The molecule has 120 valence electrons. The normalized spacial score (nSPS) is 25.1. The van der Waals surface area contributed by atoms with Gasteiger partial charge in [0.2, 0.25) is 0 Å². The Labute approximate surface area is 141 Å². The maximum Gasteiger partial charge on any atom is 0.264 e. The zero-order chi connectivity index (χ0) is 15.4. The molecule has 2 fully saturated rings. The highest BCUT2D eigenvalue weighted by Gasteiger charge is 2.37. The van der Waals surface area contributed by atoms with E-state index in [1.807, 2.05) is 22.5 Å². The fourth-order valence-corrected chi connectivity index (χ4v) is 5.60. The lowest BCUT2D eigenvalue weighted by molar-refractivity contribution is -0.0751. The third-order valence-electron chi connectivity index (χ3n) is 4.94. The fraction of sp³-hybridized carbons (Fsp3) is 0.500. The number of ether oxygens (including phenoxy) is 1. The molecule has 1 aliphatic heterocycles. The van der Waals surface area contributed by atoms with Crippen molar-refractivity contribution < 1.29 is 9.53 Å². The molecule has 1 aliphatic carbocycles. The Hall–Kier alpha value is -1.44. The summed E-state index contributed by atoms with van der Waals surface area (Å²) in [6.07, 6.45) is 6.80. The smallest absolute Gasteiger partial charge is 0.264 e. The molecule has 1 saturated carbocycles. The van der Waals surface area contributed by atoms with Crippen molar-refractivity contribution in [2.45, 2.75) is 37.8 Å². The standard InChI is InChI=1S/C16H17N3O2S2/c20-15(18-5-7-21-12-4-2-1-3-10(12)18)13-9-11-14(23-13)17-16-19(11)6-8-22-16/h6,8-10,12H,1-5,7H2/t10-,12-/m1/s1. The van der Waals surface area contributed by atoms with Crippen molar-refractivity contribution in [1.82, 2.24) is 14.3 Å². The lowest BCUT2D eigenvalue weighted by Gasteiger charge is -2.43. The summed E-state index contributed by atoms with van der Waals surface area (Å²) >= 11 is 3.13. The molecule has 0 aromatic carbocycles. The molecule has 4 heterocycles. The number of rotatable bonds is 1. The van der Waals surface area contributed by atoms with Gasteiger partial charge in [0.25, 0.3) is 5.91 Å². The summed E-state index contributed by atoms with van der Waals surface area (Å²) in [5.41, 5.74) is 1.04. The molecular formula is C16H17N3O2S2. The van der Waals surface area contributed by atoms with E-state index < -0.39 is 0 Å². The minimum absolute atomic E-state index is 0.150. The van der Waals surface area contributed by atoms with Gasteiger partial charge in [0.15, 0.2) is 4.96 Å². The van der Waals surface area contributed by atoms with Gasteiger partial charge in [-0.3, -0.25) is 9.20 Å². The van der Waals surface area contributed by atoms with Gasteiger partial charge >= 0.3 is 0 Å². The first-order valence-electron chi connectivity index (χ1n) is 8.09. The number of aromatic nitrogens is 2. The lowest BCUT2D eigenvalue weighted by Crippen LogP contribution is -2.54. The summed E-state index contributed by atoms with van der Waals surface area (Å²) in [6.45, 7) is 1.36. The van der Waals surface area contributed by atoms with Gasteiger partial charge in [-0.05, 0) is 18.9 Å². The predicted octanol–water partition coefficient (Wildman–Crippen LogP) is 3.39. The van der Waals surface area contributed by atoms with E-state index in [2.05, 4.69) is 9.38 Å². The van der Waals surface area contributed by atoms with Crippen LogP contribution in [0.2, 0.25) is 0 Å². The highest BCUT2D eigenvalue weighted by Crippen LogP contribution is 2.33. The Kier molecular flexibility index (Phi) is 3.21. The van der Waals surface area contributed by atoms with Crippen LogP contribution in [0.4, 0.5) is 0 Å². The Morgan fingerprint density at radius 1 is 1.35 bits per heavy atom. The largest absolute Gasteiger partial charge is 0.374 e. The number of imidazole rings is 1. The molecule has 3 aromatic rings. The molecule has 0 unspecified atom stereocenters. The molecular weight excluding hydrogens is 330 g/mol. The highest BCUT2D eigenvalue weighted by molar-refractivity contribution is 7.21. The molecule has 3 aromatic heterocycles. The molecule has 5 nitrogen and oxygen atoms in total. The van der Waals surface area contributed by atoms with Crippen LogP contribution in [-0.2, 0) is 4.74 Å². The van der Waals surface area contributed by atoms with E-state index in [4.69, 9.17) is 4.74 Å². The Morgan fingerprint density at radius 2 is 2.26 bits per heavy atom. The maximum absolute atomic E-state index is 13.0. The highest BCUT2D eigenvalue weighted by atomic mass is 32.1. The van der Waals surface area contributed by atoms with E-state index in [9.17, 15) is 4.79 Å². The summed E-state index contributed by atoms with van der Waals surface area (Å²) in [7, 11) is 0. The van der Waals surface area contributed by atoms with Gasteiger partial charge in [-0.25, -0.2) is 4.98 Å². The zero-order valence-corrected chi connectivity index (χ0v) is 14.2. The molecule has 23 heavy (non-hydrogen) atoms. The van der Waals surface area contributed by atoms with Gasteiger partial charge < -0.3 is 9.64 Å². The minimum Gasteiger partial charge on any atom is -0.374 e. The summed E-state index contributed by atoms with van der Waals surface area (Å²) in [6, 6.07) is 2.26.